The van der Waals surface area contributed by atoms with Crippen LogP contribution in [0.5, 0.6) is 5.75 Å². The second-order valence-corrected chi connectivity index (χ2v) is 6.68. The third kappa shape index (κ3) is 2.65. The van der Waals surface area contributed by atoms with E-state index >= 15 is 0 Å². The molecule has 0 saturated carbocycles. The van der Waals surface area contributed by atoms with Crippen LogP contribution in [0.4, 0.5) is 0 Å². The minimum absolute atomic E-state index is 0.100. The molecule has 1 unspecified atom stereocenters. The Hall–Kier alpha value is -2.95. The summed E-state index contributed by atoms with van der Waals surface area (Å²) in [5.74, 6) is -1.14. The van der Waals surface area contributed by atoms with Crippen LogP contribution < -0.4 is 4.74 Å². The van der Waals surface area contributed by atoms with Crippen molar-refractivity contribution in [1.29, 1.82) is 0 Å². The summed E-state index contributed by atoms with van der Waals surface area (Å²) in [5, 5.41) is 10.1. The number of carbonyl (C=O) groups is 1. The molecule has 1 aliphatic carbocycles. The quantitative estimate of drug-likeness (QED) is 0.410. The van der Waals surface area contributed by atoms with Gasteiger partial charge in [-0.1, -0.05) is 61.5 Å². The van der Waals surface area contributed by atoms with Gasteiger partial charge >= 0.3 is 0 Å². The summed E-state index contributed by atoms with van der Waals surface area (Å²) in [6, 6.07) is 20.1. The smallest absolute Gasteiger partial charge is 0.294 e. The lowest BCUT2D eigenvalue weighted by Crippen LogP contribution is -2.42. The molecule has 0 fully saturated rings. The van der Waals surface area contributed by atoms with Crippen molar-refractivity contribution in [2.45, 2.75) is 26.1 Å². The standard InChI is InChI=1S/C23H20O4/c1-3-16-12-13-20-18(14-16)22(24)17-9-5-6-10-19(17)23(20,27-25)26-21-11-7-4-8-15(21)2/h4-14,25H,3H2,1-2H3. The molecule has 4 heteroatoms. The van der Waals surface area contributed by atoms with Gasteiger partial charge in [-0.25, -0.2) is 5.26 Å². The van der Waals surface area contributed by atoms with Crippen LogP contribution in [0.3, 0.4) is 0 Å². The molecule has 0 bridgehead atoms. The summed E-state index contributed by atoms with van der Waals surface area (Å²) >= 11 is 0. The molecule has 0 saturated heterocycles. The average Bonchev–Trinajstić information content (AvgIpc) is 2.72. The zero-order valence-electron chi connectivity index (χ0n) is 15.2. The van der Waals surface area contributed by atoms with Gasteiger partial charge in [0.15, 0.2) is 5.78 Å². The van der Waals surface area contributed by atoms with Crippen molar-refractivity contribution in [2.24, 2.45) is 0 Å². The van der Waals surface area contributed by atoms with Crippen LogP contribution in [0.2, 0.25) is 0 Å². The van der Waals surface area contributed by atoms with Gasteiger partial charge in [-0.2, -0.15) is 4.89 Å². The largest absolute Gasteiger partial charge is 0.451 e. The molecule has 0 radical (unpaired) electrons. The summed E-state index contributed by atoms with van der Waals surface area (Å²) in [6.07, 6.45) is 0.799. The number of para-hydroxylation sites is 1. The maximum Gasteiger partial charge on any atom is 0.294 e. The topological polar surface area (TPSA) is 55.8 Å². The van der Waals surface area contributed by atoms with E-state index in [4.69, 9.17) is 9.62 Å². The van der Waals surface area contributed by atoms with E-state index in [0.717, 1.165) is 17.5 Å². The van der Waals surface area contributed by atoms with Crippen LogP contribution in [-0.2, 0) is 17.1 Å². The third-order valence-corrected chi connectivity index (χ3v) is 5.09. The van der Waals surface area contributed by atoms with Gasteiger partial charge in [0.25, 0.3) is 5.79 Å². The first-order valence-electron chi connectivity index (χ1n) is 8.95. The van der Waals surface area contributed by atoms with Crippen LogP contribution in [0.15, 0.2) is 66.7 Å². The first-order chi connectivity index (χ1) is 13.1. The van der Waals surface area contributed by atoms with Gasteiger partial charge in [0.2, 0.25) is 0 Å². The third-order valence-electron chi connectivity index (χ3n) is 5.09. The molecule has 3 aromatic rings. The Kier molecular flexibility index (Phi) is 4.30. The maximum atomic E-state index is 13.1. The van der Waals surface area contributed by atoms with Crippen LogP contribution in [0, 0.1) is 6.92 Å². The Labute approximate surface area is 157 Å². The fraction of sp³-hybridized carbons (Fsp3) is 0.174. The van der Waals surface area contributed by atoms with E-state index in [9.17, 15) is 10.1 Å². The van der Waals surface area contributed by atoms with Crippen molar-refractivity contribution in [3.05, 3.63) is 100 Å². The Balaban J connectivity index is 2.00. The number of hydrogen-bond acceptors (Lipinski definition) is 4. The molecule has 1 N–H and O–H groups in total. The number of benzene rings is 3. The van der Waals surface area contributed by atoms with E-state index in [0.29, 0.717) is 28.0 Å². The van der Waals surface area contributed by atoms with Crippen molar-refractivity contribution in [2.75, 3.05) is 0 Å². The zero-order chi connectivity index (χ0) is 19.0. The maximum absolute atomic E-state index is 13.1. The van der Waals surface area contributed by atoms with Crippen molar-refractivity contribution in [1.82, 2.24) is 0 Å². The molecular weight excluding hydrogens is 340 g/mol. The Morgan fingerprint density at radius 1 is 0.926 bits per heavy atom. The van der Waals surface area contributed by atoms with Gasteiger partial charge < -0.3 is 4.74 Å². The van der Waals surface area contributed by atoms with Crippen LogP contribution in [0.25, 0.3) is 0 Å². The molecule has 1 atom stereocenters. The second kappa shape index (κ2) is 6.65. The van der Waals surface area contributed by atoms with E-state index in [1.807, 2.05) is 50.2 Å². The van der Waals surface area contributed by atoms with Gasteiger partial charge in [-0.3, -0.25) is 4.79 Å². The molecule has 136 valence electrons. The molecule has 0 heterocycles. The van der Waals surface area contributed by atoms with Crippen LogP contribution in [-0.4, -0.2) is 11.0 Å². The number of fused-ring (bicyclic) bond motifs is 2. The number of aryl methyl sites for hydroxylation is 2. The normalized spacial score (nSPS) is 18.0. The minimum Gasteiger partial charge on any atom is -0.451 e. The Morgan fingerprint density at radius 2 is 1.63 bits per heavy atom. The van der Waals surface area contributed by atoms with E-state index in [1.54, 1.807) is 30.3 Å². The van der Waals surface area contributed by atoms with Gasteiger partial charge in [0.1, 0.15) is 5.75 Å². The first-order valence-corrected chi connectivity index (χ1v) is 8.95. The molecule has 1 aliphatic rings. The van der Waals surface area contributed by atoms with Crippen LogP contribution >= 0.6 is 0 Å². The lowest BCUT2D eigenvalue weighted by Gasteiger charge is -2.37. The average molecular weight is 360 g/mol. The summed E-state index contributed by atoms with van der Waals surface area (Å²) in [7, 11) is 0. The molecule has 0 aliphatic heterocycles. The summed E-state index contributed by atoms with van der Waals surface area (Å²) in [4.78, 5) is 18.1. The second-order valence-electron chi connectivity index (χ2n) is 6.68. The fourth-order valence-electron chi connectivity index (χ4n) is 3.60. The minimum atomic E-state index is -1.61. The molecule has 4 nitrogen and oxygen atoms in total. The van der Waals surface area contributed by atoms with E-state index in [2.05, 4.69) is 0 Å². The monoisotopic (exact) mass is 360 g/mol. The Morgan fingerprint density at radius 3 is 2.37 bits per heavy atom. The number of ketones is 1. The van der Waals surface area contributed by atoms with E-state index in [1.165, 1.54) is 0 Å². The highest BCUT2D eigenvalue weighted by molar-refractivity contribution is 6.13. The SMILES string of the molecule is CCc1ccc2c(c1)C(=O)c1ccccc1C2(OO)Oc1ccccc1C. The molecule has 0 amide bonds. The summed E-state index contributed by atoms with van der Waals surface area (Å²) in [5.41, 5.74) is 3.85. The fourth-order valence-corrected chi connectivity index (χ4v) is 3.60. The number of rotatable bonds is 4. The van der Waals surface area contributed by atoms with Crippen molar-refractivity contribution < 1.29 is 19.7 Å². The van der Waals surface area contributed by atoms with Gasteiger partial charge in [0, 0.05) is 22.3 Å². The van der Waals surface area contributed by atoms with Crippen molar-refractivity contribution >= 4 is 5.78 Å². The predicted octanol–water partition coefficient (Wildman–Crippen LogP) is 4.87. The highest BCUT2D eigenvalue weighted by Gasteiger charge is 2.48. The van der Waals surface area contributed by atoms with E-state index in [-0.39, 0.29) is 5.78 Å². The predicted molar refractivity (Wildman–Crippen MR) is 102 cm³/mol. The van der Waals surface area contributed by atoms with Gasteiger partial charge in [-0.15, -0.1) is 0 Å². The molecule has 0 aromatic heterocycles. The molecular formula is C23H20O4. The molecule has 0 spiro atoms. The summed E-state index contributed by atoms with van der Waals surface area (Å²) in [6.45, 7) is 3.95. The number of ether oxygens (including phenoxy) is 1. The van der Waals surface area contributed by atoms with Gasteiger partial charge in [-0.05, 0) is 36.6 Å². The van der Waals surface area contributed by atoms with Crippen LogP contribution in [0.1, 0.15) is 45.1 Å². The lowest BCUT2D eigenvalue weighted by atomic mass is 9.79. The zero-order valence-corrected chi connectivity index (χ0v) is 15.2. The number of carbonyl (C=O) groups excluding carboxylic acids is 1. The molecule has 4 rings (SSSR count). The van der Waals surface area contributed by atoms with Crippen molar-refractivity contribution in [3.63, 3.8) is 0 Å². The molecule has 3 aromatic carbocycles. The van der Waals surface area contributed by atoms with Crippen molar-refractivity contribution in [3.8, 4) is 5.75 Å². The van der Waals surface area contributed by atoms with Gasteiger partial charge in [0.05, 0.1) is 0 Å². The number of hydrogen-bond donors (Lipinski definition) is 1. The highest BCUT2D eigenvalue weighted by Crippen LogP contribution is 2.44. The Bertz CT molecular complexity index is 1020. The first kappa shape index (κ1) is 17.5. The van der Waals surface area contributed by atoms with E-state index < -0.39 is 5.79 Å². The highest BCUT2D eigenvalue weighted by atomic mass is 17.1. The molecule has 27 heavy (non-hydrogen) atoms. The summed E-state index contributed by atoms with van der Waals surface area (Å²) < 4.78 is 6.27. The lowest BCUT2D eigenvalue weighted by molar-refractivity contribution is -0.373.